The van der Waals surface area contributed by atoms with E-state index in [-0.39, 0.29) is 18.1 Å². The summed E-state index contributed by atoms with van der Waals surface area (Å²) in [6.07, 6.45) is 1.85. The van der Waals surface area contributed by atoms with Crippen molar-refractivity contribution in [3.8, 4) is 11.5 Å². The number of allylic oxidation sites excluding steroid dienone is 1. The number of methoxy groups -OCH3 is 1. The van der Waals surface area contributed by atoms with E-state index in [1.807, 2.05) is 78.9 Å². The standard InChI is InChI=1S/C35H25Cl2I2N3O4S/c1-19-30(33(43)41-24-8-4-3-5-9-24)31(21-7-6-10-25(16-21)45-2)42-34(44)29(47-35(42)40-19)15-20-13-27(38)32(28(39)14-20)46-18-22-11-12-23(36)17-26(22)37/h3-17,31H,18H2,1-2H3,(H,41,43)/b29-15-/t31-/m0/s1. The largest absolute Gasteiger partial charge is 0.497 e. The van der Waals surface area contributed by atoms with Gasteiger partial charge in [0.1, 0.15) is 18.1 Å². The lowest BCUT2D eigenvalue weighted by molar-refractivity contribution is -0.113. The molecule has 0 saturated heterocycles. The Labute approximate surface area is 311 Å². The van der Waals surface area contributed by atoms with E-state index in [1.165, 1.54) is 11.3 Å². The van der Waals surface area contributed by atoms with Crippen molar-refractivity contribution in [1.82, 2.24) is 4.57 Å². The van der Waals surface area contributed by atoms with Crippen LogP contribution in [0.2, 0.25) is 10.0 Å². The van der Waals surface area contributed by atoms with Gasteiger partial charge in [-0.05, 0) is 118 Å². The second-order valence-electron chi connectivity index (χ2n) is 10.5. The zero-order valence-corrected chi connectivity index (χ0v) is 31.5. The molecule has 0 saturated carbocycles. The fourth-order valence-corrected chi connectivity index (χ4v) is 8.84. The first-order chi connectivity index (χ1) is 22.6. The van der Waals surface area contributed by atoms with Gasteiger partial charge in [-0.2, -0.15) is 0 Å². The van der Waals surface area contributed by atoms with Crippen LogP contribution in [0.1, 0.15) is 29.7 Å². The molecule has 0 fully saturated rings. The van der Waals surface area contributed by atoms with Crippen LogP contribution in [0, 0.1) is 7.14 Å². The van der Waals surface area contributed by atoms with Crippen LogP contribution in [0.15, 0.2) is 106 Å². The molecule has 0 spiro atoms. The van der Waals surface area contributed by atoms with Crippen molar-refractivity contribution in [2.45, 2.75) is 19.6 Å². The Hall–Kier alpha value is -3.17. The number of para-hydroxylation sites is 1. The number of carbonyl (C=O) groups is 1. The summed E-state index contributed by atoms with van der Waals surface area (Å²) in [6.45, 7) is 2.08. The summed E-state index contributed by atoms with van der Waals surface area (Å²) in [4.78, 5) is 33.3. The first-order valence-electron chi connectivity index (χ1n) is 14.2. The number of anilines is 1. The van der Waals surface area contributed by atoms with E-state index in [0.717, 1.165) is 29.6 Å². The highest BCUT2D eigenvalue weighted by atomic mass is 127. The molecule has 1 N–H and O–H groups in total. The van der Waals surface area contributed by atoms with Crippen molar-refractivity contribution in [3.05, 3.63) is 150 Å². The van der Waals surface area contributed by atoms with Crippen LogP contribution >= 0.6 is 79.7 Å². The Morgan fingerprint density at radius 1 is 1.02 bits per heavy atom. The third kappa shape index (κ3) is 7.31. The molecule has 7 nitrogen and oxygen atoms in total. The second-order valence-corrected chi connectivity index (χ2v) is 14.7. The number of benzene rings is 4. The number of halogens is 4. The highest BCUT2D eigenvalue weighted by molar-refractivity contribution is 14.1. The Balaban J connectivity index is 1.39. The van der Waals surface area contributed by atoms with Crippen molar-refractivity contribution >= 4 is 97.4 Å². The van der Waals surface area contributed by atoms with E-state index >= 15 is 0 Å². The normalized spacial score (nSPS) is 14.4. The van der Waals surface area contributed by atoms with Crippen LogP contribution in [-0.2, 0) is 11.4 Å². The number of nitrogens with one attached hydrogen (secondary N) is 1. The van der Waals surface area contributed by atoms with Gasteiger partial charge in [0.25, 0.3) is 11.5 Å². The van der Waals surface area contributed by atoms with Gasteiger partial charge in [0, 0.05) is 21.3 Å². The van der Waals surface area contributed by atoms with Gasteiger partial charge < -0.3 is 14.8 Å². The summed E-state index contributed by atoms with van der Waals surface area (Å²) in [5.41, 5.74) is 3.70. The quantitative estimate of drug-likeness (QED) is 0.160. The molecule has 6 rings (SSSR count). The van der Waals surface area contributed by atoms with Crippen LogP contribution in [0.3, 0.4) is 0 Å². The number of nitrogens with zero attached hydrogens (tertiary/aromatic N) is 2. The summed E-state index contributed by atoms with van der Waals surface area (Å²) in [7, 11) is 1.58. The molecular formula is C35H25Cl2I2N3O4S. The van der Waals surface area contributed by atoms with Gasteiger partial charge in [0.2, 0.25) is 0 Å². The Morgan fingerprint density at radius 3 is 2.47 bits per heavy atom. The maximum Gasteiger partial charge on any atom is 0.271 e. The zero-order chi connectivity index (χ0) is 33.2. The number of aromatic nitrogens is 1. The fraction of sp³-hybridized carbons (Fsp3) is 0.114. The van der Waals surface area contributed by atoms with Crippen LogP contribution in [0.5, 0.6) is 11.5 Å². The number of carbonyl (C=O) groups excluding carboxylic acids is 1. The average Bonchev–Trinajstić information content (AvgIpc) is 3.34. The van der Waals surface area contributed by atoms with Crippen LogP contribution in [0.25, 0.3) is 6.08 Å². The van der Waals surface area contributed by atoms with Gasteiger partial charge >= 0.3 is 0 Å². The lowest BCUT2D eigenvalue weighted by Crippen LogP contribution is -2.40. The Kier molecular flexibility index (Phi) is 10.4. The summed E-state index contributed by atoms with van der Waals surface area (Å²) < 4.78 is 15.5. The molecule has 1 aromatic heterocycles. The summed E-state index contributed by atoms with van der Waals surface area (Å²) >= 11 is 18.1. The van der Waals surface area contributed by atoms with Crippen molar-refractivity contribution < 1.29 is 14.3 Å². The molecule has 2 heterocycles. The number of hydrogen-bond donors (Lipinski definition) is 1. The molecule has 0 unspecified atom stereocenters. The minimum atomic E-state index is -0.719. The third-order valence-electron chi connectivity index (χ3n) is 7.41. The molecule has 1 aliphatic heterocycles. The number of hydrogen-bond acceptors (Lipinski definition) is 6. The maximum absolute atomic E-state index is 14.2. The highest BCUT2D eigenvalue weighted by Crippen LogP contribution is 2.33. The van der Waals surface area contributed by atoms with Gasteiger partial charge in [0.05, 0.1) is 36.1 Å². The third-order valence-corrected chi connectivity index (χ3v) is 10.6. The van der Waals surface area contributed by atoms with E-state index in [1.54, 1.807) is 30.7 Å². The molecule has 4 aromatic carbocycles. The first-order valence-corrected chi connectivity index (χ1v) is 17.9. The van der Waals surface area contributed by atoms with E-state index in [2.05, 4.69) is 50.5 Å². The molecule has 1 atom stereocenters. The monoisotopic (exact) mass is 907 g/mol. The van der Waals surface area contributed by atoms with Crippen LogP contribution in [-0.4, -0.2) is 17.6 Å². The molecule has 1 aliphatic rings. The number of ether oxygens (including phenoxy) is 2. The molecule has 5 aromatic rings. The summed E-state index contributed by atoms with van der Waals surface area (Å²) in [5.74, 6) is 1.00. The average molecular weight is 908 g/mol. The van der Waals surface area contributed by atoms with Gasteiger partial charge in [0.15, 0.2) is 4.80 Å². The highest BCUT2D eigenvalue weighted by Gasteiger charge is 2.33. The summed E-state index contributed by atoms with van der Waals surface area (Å²) in [5, 5.41) is 4.08. The molecule has 47 heavy (non-hydrogen) atoms. The minimum Gasteiger partial charge on any atom is -0.497 e. The zero-order valence-electron chi connectivity index (χ0n) is 24.9. The van der Waals surface area contributed by atoms with Gasteiger partial charge in [-0.1, -0.05) is 70.9 Å². The Morgan fingerprint density at radius 2 is 1.77 bits per heavy atom. The molecule has 12 heteroatoms. The maximum atomic E-state index is 14.2. The molecule has 238 valence electrons. The van der Waals surface area contributed by atoms with Crippen LogP contribution in [0.4, 0.5) is 5.69 Å². The van der Waals surface area contributed by atoms with Gasteiger partial charge in [-0.3, -0.25) is 14.2 Å². The van der Waals surface area contributed by atoms with Crippen molar-refractivity contribution in [3.63, 3.8) is 0 Å². The lowest BCUT2D eigenvalue weighted by Gasteiger charge is -2.25. The molecule has 0 radical (unpaired) electrons. The lowest BCUT2D eigenvalue weighted by atomic mass is 9.95. The molecular weight excluding hydrogens is 883 g/mol. The number of amides is 1. The number of rotatable bonds is 8. The van der Waals surface area contributed by atoms with Crippen LogP contribution < -0.4 is 29.7 Å². The predicted octanol–water partition coefficient (Wildman–Crippen LogP) is 7.98. The van der Waals surface area contributed by atoms with Gasteiger partial charge in [-0.15, -0.1) is 0 Å². The Bertz CT molecular complexity index is 2210. The molecule has 0 aliphatic carbocycles. The van der Waals surface area contributed by atoms with Gasteiger partial charge in [-0.25, -0.2) is 4.99 Å². The van der Waals surface area contributed by atoms with E-state index in [4.69, 9.17) is 37.7 Å². The van der Waals surface area contributed by atoms with E-state index in [0.29, 0.717) is 42.1 Å². The molecule has 1 amide bonds. The number of thiazole rings is 1. The SMILES string of the molecule is COc1cccc([C@H]2C(C(=O)Nc3ccccc3)=C(C)N=c3s/c(=C\c4cc(I)c(OCc5ccc(Cl)cc5Cl)c(I)c4)c(=O)n32)c1. The fourth-order valence-electron chi connectivity index (χ4n) is 5.20. The number of fused-ring (bicyclic) bond motifs is 1. The van der Waals surface area contributed by atoms with Crippen molar-refractivity contribution in [1.29, 1.82) is 0 Å². The smallest absolute Gasteiger partial charge is 0.271 e. The van der Waals surface area contributed by atoms with E-state index < -0.39 is 6.04 Å². The molecule has 0 bridgehead atoms. The van der Waals surface area contributed by atoms with E-state index in [9.17, 15) is 9.59 Å². The topological polar surface area (TPSA) is 81.9 Å². The second kappa shape index (κ2) is 14.5. The van der Waals surface area contributed by atoms with Crippen molar-refractivity contribution in [2.75, 3.05) is 12.4 Å². The summed E-state index contributed by atoms with van der Waals surface area (Å²) in [6, 6.07) is 25.1. The first kappa shape index (κ1) is 33.7. The van der Waals surface area contributed by atoms with Crippen molar-refractivity contribution in [2.24, 2.45) is 4.99 Å². The minimum absolute atomic E-state index is 0.248. The predicted molar refractivity (Wildman–Crippen MR) is 205 cm³/mol.